The fourth-order valence-electron chi connectivity index (χ4n) is 1.30. The molecule has 0 aliphatic heterocycles. The minimum Gasteiger partial charge on any atom is -0.358 e. The lowest BCUT2D eigenvalue weighted by Crippen LogP contribution is -1.87. The molecule has 0 bridgehead atoms. The molecule has 0 unspecified atom stereocenters. The molecule has 0 fully saturated rings. The highest BCUT2D eigenvalue weighted by Crippen LogP contribution is 2.22. The standard InChI is InChI=1S/C10H9N3O2S/c1-16-8-4-2-7(3-5-8)10-11-6-9(12-10)13(14)15/h2-6H,1H3,(H,11,12). The van der Waals surface area contributed by atoms with Gasteiger partial charge in [-0.25, -0.2) is 9.97 Å². The minimum absolute atomic E-state index is 0.0936. The van der Waals surface area contributed by atoms with Crippen LogP contribution in [-0.4, -0.2) is 21.1 Å². The maximum atomic E-state index is 10.5. The number of nitrogens with zero attached hydrogens (tertiary/aromatic N) is 2. The average molecular weight is 235 g/mol. The number of rotatable bonds is 3. The molecule has 0 saturated carbocycles. The first-order valence-electron chi connectivity index (χ1n) is 4.54. The molecule has 16 heavy (non-hydrogen) atoms. The number of hydrogen-bond acceptors (Lipinski definition) is 4. The second-order valence-electron chi connectivity index (χ2n) is 3.10. The van der Waals surface area contributed by atoms with E-state index in [2.05, 4.69) is 9.97 Å². The second-order valence-corrected chi connectivity index (χ2v) is 3.98. The van der Waals surface area contributed by atoms with E-state index in [4.69, 9.17) is 0 Å². The number of hydrogen-bond donors (Lipinski definition) is 1. The van der Waals surface area contributed by atoms with E-state index < -0.39 is 4.92 Å². The Hall–Kier alpha value is -1.82. The normalized spacial score (nSPS) is 10.3. The van der Waals surface area contributed by atoms with E-state index >= 15 is 0 Å². The molecule has 0 atom stereocenters. The van der Waals surface area contributed by atoms with Crippen LogP contribution in [0.1, 0.15) is 0 Å². The van der Waals surface area contributed by atoms with E-state index in [1.807, 2.05) is 30.5 Å². The molecule has 0 radical (unpaired) electrons. The van der Waals surface area contributed by atoms with Crippen molar-refractivity contribution in [1.82, 2.24) is 9.97 Å². The zero-order chi connectivity index (χ0) is 11.5. The highest BCUT2D eigenvalue weighted by Gasteiger charge is 2.11. The molecule has 2 aromatic rings. The van der Waals surface area contributed by atoms with Crippen LogP contribution in [0.15, 0.2) is 35.4 Å². The van der Waals surface area contributed by atoms with Crippen LogP contribution in [0, 0.1) is 10.1 Å². The summed E-state index contributed by atoms with van der Waals surface area (Å²) in [5.74, 6) is 0.420. The Morgan fingerprint density at radius 1 is 1.38 bits per heavy atom. The quantitative estimate of drug-likeness (QED) is 0.504. The van der Waals surface area contributed by atoms with Crippen molar-refractivity contribution in [3.8, 4) is 11.4 Å². The van der Waals surface area contributed by atoms with Crippen LogP contribution >= 0.6 is 11.8 Å². The lowest BCUT2D eigenvalue weighted by molar-refractivity contribution is -0.389. The fraction of sp³-hybridized carbons (Fsp3) is 0.100. The average Bonchev–Trinajstić information content (AvgIpc) is 2.78. The van der Waals surface area contributed by atoms with Gasteiger partial charge in [-0.15, -0.1) is 11.8 Å². The van der Waals surface area contributed by atoms with E-state index in [1.54, 1.807) is 11.8 Å². The Balaban J connectivity index is 2.31. The maximum absolute atomic E-state index is 10.5. The van der Waals surface area contributed by atoms with Gasteiger partial charge in [-0.2, -0.15) is 0 Å². The maximum Gasteiger partial charge on any atom is 0.340 e. The highest BCUT2D eigenvalue weighted by atomic mass is 32.2. The number of imidazole rings is 1. The first-order valence-corrected chi connectivity index (χ1v) is 5.77. The monoisotopic (exact) mass is 235 g/mol. The second kappa shape index (κ2) is 4.36. The Kier molecular flexibility index (Phi) is 2.91. The van der Waals surface area contributed by atoms with Gasteiger partial charge in [0.25, 0.3) is 0 Å². The van der Waals surface area contributed by atoms with E-state index in [-0.39, 0.29) is 5.82 Å². The van der Waals surface area contributed by atoms with Gasteiger partial charge in [0, 0.05) is 10.5 Å². The molecule has 2 rings (SSSR count). The number of nitro groups is 1. The van der Waals surface area contributed by atoms with Gasteiger partial charge in [0.2, 0.25) is 5.82 Å². The van der Waals surface area contributed by atoms with E-state index in [1.165, 1.54) is 6.20 Å². The van der Waals surface area contributed by atoms with Gasteiger partial charge in [-0.1, -0.05) is 0 Å². The zero-order valence-corrected chi connectivity index (χ0v) is 9.32. The molecule has 0 amide bonds. The van der Waals surface area contributed by atoms with Crippen LogP contribution in [0.25, 0.3) is 11.4 Å². The molecule has 82 valence electrons. The lowest BCUT2D eigenvalue weighted by atomic mass is 10.2. The van der Waals surface area contributed by atoms with Crippen molar-refractivity contribution in [2.24, 2.45) is 0 Å². The lowest BCUT2D eigenvalue weighted by Gasteiger charge is -1.96. The number of nitrogens with one attached hydrogen (secondary N) is 1. The van der Waals surface area contributed by atoms with Crippen LogP contribution in [0.5, 0.6) is 0 Å². The number of aromatic amines is 1. The minimum atomic E-state index is -0.493. The molecule has 1 aromatic carbocycles. The molecule has 0 saturated heterocycles. The molecule has 1 heterocycles. The van der Waals surface area contributed by atoms with Gasteiger partial charge in [-0.3, -0.25) is 0 Å². The fourth-order valence-corrected chi connectivity index (χ4v) is 1.71. The summed E-state index contributed by atoms with van der Waals surface area (Å²) in [6.07, 6.45) is 3.21. The zero-order valence-electron chi connectivity index (χ0n) is 8.51. The number of aromatic nitrogens is 2. The van der Waals surface area contributed by atoms with E-state index in [9.17, 15) is 10.1 Å². The van der Waals surface area contributed by atoms with Crippen molar-refractivity contribution in [2.75, 3.05) is 6.26 Å². The summed E-state index contributed by atoms with van der Waals surface area (Å²) >= 11 is 1.64. The summed E-state index contributed by atoms with van der Waals surface area (Å²) in [6.45, 7) is 0. The van der Waals surface area contributed by atoms with Crippen LogP contribution < -0.4 is 0 Å². The van der Waals surface area contributed by atoms with E-state index in [0.717, 1.165) is 10.5 Å². The molecular weight excluding hydrogens is 226 g/mol. The third kappa shape index (κ3) is 2.06. The topological polar surface area (TPSA) is 71.8 Å². The molecule has 1 aromatic heterocycles. The van der Waals surface area contributed by atoms with Gasteiger partial charge < -0.3 is 10.1 Å². The van der Waals surface area contributed by atoms with Gasteiger partial charge in [-0.05, 0) is 35.4 Å². The first kappa shape index (κ1) is 10.7. The van der Waals surface area contributed by atoms with Crippen LogP contribution in [-0.2, 0) is 0 Å². The van der Waals surface area contributed by atoms with Crippen molar-refractivity contribution in [3.63, 3.8) is 0 Å². The number of H-pyrrole nitrogens is 1. The summed E-state index contributed by atoms with van der Waals surface area (Å²) in [4.78, 5) is 17.7. The summed E-state index contributed by atoms with van der Waals surface area (Å²) in [5, 5.41) is 10.5. The summed E-state index contributed by atoms with van der Waals surface area (Å²) in [7, 11) is 0. The molecule has 6 heteroatoms. The van der Waals surface area contributed by atoms with Crippen molar-refractivity contribution in [3.05, 3.63) is 40.6 Å². The summed E-state index contributed by atoms with van der Waals surface area (Å²) < 4.78 is 0. The van der Waals surface area contributed by atoms with Crippen LogP contribution in [0.2, 0.25) is 0 Å². The largest absolute Gasteiger partial charge is 0.358 e. The summed E-state index contributed by atoms with van der Waals surface area (Å²) in [5.41, 5.74) is 0.839. The van der Waals surface area contributed by atoms with Crippen LogP contribution in [0.3, 0.4) is 0 Å². The molecule has 5 nitrogen and oxygen atoms in total. The third-order valence-corrected chi connectivity index (χ3v) is 2.87. The Morgan fingerprint density at radius 3 is 2.56 bits per heavy atom. The van der Waals surface area contributed by atoms with Gasteiger partial charge in [0.05, 0.1) is 0 Å². The molecule has 0 spiro atoms. The third-order valence-electron chi connectivity index (χ3n) is 2.12. The van der Waals surface area contributed by atoms with Gasteiger partial charge >= 0.3 is 5.82 Å². The SMILES string of the molecule is CSc1ccc(-c2ncc([N+](=O)[O-])[nH]2)cc1. The Bertz CT molecular complexity index is 507. The van der Waals surface area contributed by atoms with Gasteiger partial charge in [0.15, 0.2) is 0 Å². The van der Waals surface area contributed by atoms with Gasteiger partial charge in [0.1, 0.15) is 6.20 Å². The van der Waals surface area contributed by atoms with Crippen molar-refractivity contribution < 1.29 is 4.92 Å². The Labute approximate surface area is 96.1 Å². The molecule has 1 N–H and O–H groups in total. The predicted octanol–water partition coefficient (Wildman–Crippen LogP) is 2.71. The predicted molar refractivity (Wildman–Crippen MR) is 62.5 cm³/mol. The molecule has 0 aliphatic carbocycles. The first-order chi connectivity index (χ1) is 7.70. The highest BCUT2D eigenvalue weighted by molar-refractivity contribution is 7.98. The van der Waals surface area contributed by atoms with E-state index in [0.29, 0.717) is 5.82 Å². The van der Waals surface area contributed by atoms with Crippen molar-refractivity contribution in [1.29, 1.82) is 0 Å². The molecule has 0 aliphatic rings. The summed E-state index contributed by atoms with van der Waals surface area (Å²) in [6, 6.07) is 7.67. The van der Waals surface area contributed by atoms with Crippen molar-refractivity contribution in [2.45, 2.75) is 4.90 Å². The van der Waals surface area contributed by atoms with Crippen LogP contribution in [0.4, 0.5) is 5.82 Å². The number of thioether (sulfide) groups is 1. The Morgan fingerprint density at radius 2 is 2.06 bits per heavy atom. The van der Waals surface area contributed by atoms with Crippen molar-refractivity contribution >= 4 is 17.6 Å². The smallest absolute Gasteiger partial charge is 0.340 e. The number of benzene rings is 1. The molecular formula is C10H9N3O2S.